The third-order valence-electron chi connectivity index (χ3n) is 5.47. The van der Waals surface area contributed by atoms with Crippen LogP contribution in [0.4, 0.5) is 5.69 Å². The van der Waals surface area contributed by atoms with Gasteiger partial charge in [0.25, 0.3) is 5.91 Å². The number of methoxy groups -OCH3 is 1. The zero-order valence-corrected chi connectivity index (χ0v) is 18.3. The van der Waals surface area contributed by atoms with Crippen molar-refractivity contribution in [2.75, 3.05) is 38.7 Å². The number of ether oxygens (including phenoxy) is 2. The van der Waals surface area contributed by atoms with Crippen LogP contribution >= 0.6 is 0 Å². The number of carbonyl (C=O) groups is 1. The molecule has 1 amide bonds. The first kappa shape index (κ1) is 22.7. The minimum atomic E-state index is -0.824. The van der Waals surface area contributed by atoms with Crippen LogP contribution in [0.15, 0.2) is 24.3 Å². The third kappa shape index (κ3) is 7.10. The van der Waals surface area contributed by atoms with Gasteiger partial charge in [0.2, 0.25) is 0 Å². The second-order valence-electron chi connectivity index (χ2n) is 8.76. The minimum Gasteiger partial charge on any atom is -0.494 e. The average Bonchev–Trinajstić information content (AvgIpc) is 2.66. The molecule has 1 aliphatic rings. The van der Waals surface area contributed by atoms with Crippen molar-refractivity contribution in [3.05, 3.63) is 24.3 Å². The summed E-state index contributed by atoms with van der Waals surface area (Å²) in [4.78, 5) is 15.1. The molecule has 2 atom stereocenters. The van der Waals surface area contributed by atoms with E-state index in [9.17, 15) is 4.79 Å². The Kier molecular flexibility index (Phi) is 8.77. The maximum Gasteiger partial charge on any atom is 0.256 e. The molecule has 5 nitrogen and oxygen atoms in total. The molecule has 0 bridgehead atoms. The van der Waals surface area contributed by atoms with Gasteiger partial charge in [0.15, 0.2) is 0 Å². The number of benzene rings is 1. The summed E-state index contributed by atoms with van der Waals surface area (Å²) in [6.45, 7) is 12.6. The van der Waals surface area contributed by atoms with Gasteiger partial charge in [-0.15, -0.1) is 0 Å². The molecule has 0 radical (unpaired) electrons. The number of amides is 1. The van der Waals surface area contributed by atoms with E-state index in [0.29, 0.717) is 18.9 Å². The van der Waals surface area contributed by atoms with Gasteiger partial charge in [-0.2, -0.15) is 0 Å². The number of carbonyl (C=O) groups excluding carboxylic acids is 1. The summed E-state index contributed by atoms with van der Waals surface area (Å²) in [6, 6.07) is 7.58. The lowest BCUT2D eigenvalue weighted by Gasteiger charge is -2.30. The molecule has 1 saturated heterocycles. The number of rotatable bonds is 10. The fourth-order valence-corrected chi connectivity index (χ4v) is 3.91. The Labute approximate surface area is 170 Å². The summed E-state index contributed by atoms with van der Waals surface area (Å²) in [6.07, 6.45) is 4.38. The first-order valence-electron chi connectivity index (χ1n) is 10.6. The van der Waals surface area contributed by atoms with Gasteiger partial charge in [-0.05, 0) is 75.3 Å². The fourth-order valence-electron chi connectivity index (χ4n) is 3.91. The van der Waals surface area contributed by atoms with Crippen LogP contribution in [0.1, 0.15) is 53.4 Å². The maximum atomic E-state index is 12.6. The number of nitrogens with zero attached hydrogens (tertiary/aromatic N) is 1. The quantitative estimate of drug-likeness (QED) is 0.594. The highest BCUT2D eigenvalue weighted by atomic mass is 16.5. The monoisotopic (exact) mass is 390 g/mol. The van der Waals surface area contributed by atoms with Gasteiger partial charge >= 0.3 is 0 Å². The van der Waals surface area contributed by atoms with E-state index >= 15 is 0 Å². The number of piperidine rings is 1. The molecule has 1 fully saturated rings. The second kappa shape index (κ2) is 10.8. The summed E-state index contributed by atoms with van der Waals surface area (Å²) in [5.41, 5.74) is -0.0679. The van der Waals surface area contributed by atoms with Crippen molar-refractivity contribution in [3.63, 3.8) is 0 Å². The molecule has 0 saturated carbocycles. The van der Waals surface area contributed by atoms with E-state index in [-0.39, 0.29) is 5.91 Å². The number of likely N-dealkylation sites (tertiary alicyclic amines) is 1. The standard InChI is InChI=1S/C23H38N2O3/c1-18(2)16-23(4,27-5)22(26)24-20-9-11-21(12-10-20)28-15-7-14-25-13-6-8-19(3)17-25/h9-12,18-19H,6-8,13-17H2,1-5H3,(H,24,26)/t19-,23-/m0/s1. The summed E-state index contributed by atoms with van der Waals surface area (Å²) in [7, 11) is 1.59. The fraction of sp³-hybridized carbons (Fsp3) is 0.696. The lowest BCUT2D eigenvalue weighted by atomic mass is 9.93. The Morgan fingerprint density at radius 1 is 1.32 bits per heavy atom. The van der Waals surface area contributed by atoms with Gasteiger partial charge < -0.3 is 19.7 Å². The highest BCUT2D eigenvalue weighted by Gasteiger charge is 2.33. The molecule has 1 aliphatic heterocycles. The van der Waals surface area contributed by atoms with Crippen LogP contribution in [-0.2, 0) is 9.53 Å². The summed E-state index contributed by atoms with van der Waals surface area (Å²) in [5.74, 6) is 1.91. The zero-order chi connectivity index (χ0) is 20.6. The molecule has 1 N–H and O–H groups in total. The van der Waals surface area contributed by atoms with Crippen LogP contribution in [0.25, 0.3) is 0 Å². The van der Waals surface area contributed by atoms with Crippen molar-refractivity contribution < 1.29 is 14.3 Å². The van der Waals surface area contributed by atoms with Crippen molar-refractivity contribution in [2.45, 2.75) is 59.0 Å². The number of anilines is 1. The van der Waals surface area contributed by atoms with Crippen molar-refractivity contribution in [1.29, 1.82) is 0 Å². The van der Waals surface area contributed by atoms with Crippen LogP contribution in [0, 0.1) is 11.8 Å². The molecule has 0 aromatic heterocycles. The molecule has 158 valence electrons. The molecule has 0 unspecified atom stereocenters. The van der Waals surface area contributed by atoms with E-state index in [4.69, 9.17) is 9.47 Å². The highest BCUT2D eigenvalue weighted by Crippen LogP contribution is 2.23. The Hall–Kier alpha value is -1.59. The van der Waals surface area contributed by atoms with Crippen molar-refractivity contribution >= 4 is 11.6 Å². The molecule has 2 rings (SSSR count). The average molecular weight is 391 g/mol. The molecular weight excluding hydrogens is 352 g/mol. The zero-order valence-electron chi connectivity index (χ0n) is 18.3. The Morgan fingerprint density at radius 2 is 2.04 bits per heavy atom. The van der Waals surface area contributed by atoms with Crippen LogP contribution in [0.5, 0.6) is 5.75 Å². The maximum absolute atomic E-state index is 12.6. The predicted octanol–water partition coefficient (Wildman–Crippen LogP) is 4.58. The number of nitrogens with one attached hydrogen (secondary N) is 1. The van der Waals surface area contributed by atoms with Crippen molar-refractivity contribution in [2.24, 2.45) is 11.8 Å². The topological polar surface area (TPSA) is 50.8 Å². The van der Waals surface area contributed by atoms with E-state index in [1.54, 1.807) is 7.11 Å². The van der Waals surface area contributed by atoms with Crippen molar-refractivity contribution in [1.82, 2.24) is 4.90 Å². The van der Waals surface area contributed by atoms with E-state index in [1.165, 1.54) is 25.9 Å². The molecule has 1 heterocycles. The first-order chi connectivity index (χ1) is 13.3. The smallest absolute Gasteiger partial charge is 0.256 e. The molecule has 5 heteroatoms. The molecule has 1 aromatic carbocycles. The van der Waals surface area contributed by atoms with Gasteiger partial charge in [-0.25, -0.2) is 0 Å². The van der Waals surface area contributed by atoms with Gasteiger partial charge in [-0.1, -0.05) is 20.8 Å². The molecule has 1 aromatic rings. The lowest BCUT2D eigenvalue weighted by molar-refractivity contribution is -0.137. The molecular formula is C23H38N2O3. The molecule has 0 spiro atoms. The van der Waals surface area contributed by atoms with Gasteiger partial charge in [0.05, 0.1) is 6.61 Å². The minimum absolute atomic E-state index is 0.117. The van der Waals surface area contributed by atoms with Crippen molar-refractivity contribution in [3.8, 4) is 5.75 Å². The van der Waals surface area contributed by atoms with Gasteiger partial charge in [0, 0.05) is 25.9 Å². The summed E-state index contributed by atoms with van der Waals surface area (Å²) < 4.78 is 11.3. The second-order valence-corrected chi connectivity index (χ2v) is 8.76. The molecule has 0 aliphatic carbocycles. The Balaban J connectivity index is 1.75. The number of hydrogen-bond donors (Lipinski definition) is 1. The van der Waals surface area contributed by atoms with E-state index in [0.717, 1.165) is 30.3 Å². The van der Waals surface area contributed by atoms with Gasteiger partial charge in [0.1, 0.15) is 11.4 Å². The third-order valence-corrected chi connectivity index (χ3v) is 5.47. The normalized spacial score (nSPS) is 20.0. The SMILES string of the molecule is CO[C@@](C)(CC(C)C)C(=O)Nc1ccc(OCCCN2CCC[C@H](C)C2)cc1. The first-order valence-corrected chi connectivity index (χ1v) is 10.6. The van der Waals surface area contributed by atoms with Gasteiger partial charge in [-0.3, -0.25) is 4.79 Å². The van der Waals surface area contributed by atoms with Crippen LogP contribution < -0.4 is 10.1 Å². The summed E-state index contributed by atoms with van der Waals surface area (Å²) >= 11 is 0. The lowest BCUT2D eigenvalue weighted by Crippen LogP contribution is -2.43. The van der Waals surface area contributed by atoms with Crippen LogP contribution in [-0.4, -0.2) is 49.8 Å². The predicted molar refractivity (Wildman–Crippen MR) is 115 cm³/mol. The van der Waals surface area contributed by atoms with E-state index in [1.807, 2.05) is 31.2 Å². The van der Waals surface area contributed by atoms with E-state index < -0.39 is 5.60 Å². The Morgan fingerprint density at radius 3 is 2.64 bits per heavy atom. The summed E-state index contributed by atoms with van der Waals surface area (Å²) in [5, 5.41) is 2.95. The Bertz CT molecular complexity index is 602. The number of hydrogen-bond acceptors (Lipinski definition) is 4. The van der Waals surface area contributed by atoms with E-state index in [2.05, 4.69) is 31.0 Å². The molecule has 28 heavy (non-hydrogen) atoms. The largest absolute Gasteiger partial charge is 0.494 e. The van der Waals surface area contributed by atoms with Crippen LogP contribution in [0.2, 0.25) is 0 Å². The highest BCUT2D eigenvalue weighted by molar-refractivity contribution is 5.97. The van der Waals surface area contributed by atoms with Crippen LogP contribution in [0.3, 0.4) is 0 Å².